The minimum Gasteiger partial charge on any atom is -0.314 e. The zero-order valence-electron chi connectivity index (χ0n) is 5.63. The molecular weight excluding hydrogens is 148 g/mol. The fourth-order valence-electron chi connectivity index (χ4n) is 0.639. The highest BCUT2D eigenvalue weighted by Crippen LogP contribution is 2.05. The minimum absolute atomic E-state index is 0.547. The predicted octanol–water partition coefficient (Wildman–Crippen LogP) is 0.675. The molecule has 0 radical (unpaired) electrons. The van der Waals surface area contributed by atoms with Crippen molar-refractivity contribution in [3.63, 3.8) is 0 Å². The third-order valence-electron chi connectivity index (χ3n) is 1.03. The van der Waals surface area contributed by atoms with Crippen LogP contribution in [-0.2, 0) is 6.54 Å². The Balaban J connectivity index is 2.68. The first-order chi connectivity index (χ1) is 4.86. The molecule has 4 heteroatoms. The summed E-state index contributed by atoms with van der Waals surface area (Å²) < 4.78 is 0. The molecule has 0 spiro atoms. The molecule has 0 aliphatic carbocycles. The fraction of sp³-hybridized carbons (Fsp3) is 0.333. The summed E-state index contributed by atoms with van der Waals surface area (Å²) in [6.07, 6.45) is 0.768. The third kappa shape index (κ3) is 1.62. The predicted molar refractivity (Wildman–Crippen MR) is 40.3 cm³/mol. The van der Waals surface area contributed by atoms with Crippen LogP contribution in [-0.4, -0.2) is 18.3 Å². The number of carbonyl (C=O) groups excluding carboxylic acids is 1. The molecule has 0 bridgehead atoms. The lowest BCUT2D eigenvalue weighted by Gasteiger charge is -1.88. The molecule has 0 aromatic carbocycles. The molecule has 3 nitrogen and oxygen atoms in total. The van der Waals surface area contributed by atoms with Crippen molar-refractivity contribution in [2.45, 2.75) is 6.54 Å². The van der Waals surface area contributed by atoms with Crippen LogP contribution in [0, 0.1) is 0 Å². The lowest BCUT2D eigenvalue weighted by atomic mass is 10.5. The van der Waals surface area contributed by atoms with Gasteiger partial charge in [0, 0.05) is 11.9 Å². The van der Waals surface area contributed by atoms with E-state index in [0.717, 1.165) is 18.5 Å². The van der Waals surface area contributed by atoms with Gasteiger partial charge in [-0.05, 0) is 7.05 Å². The van der Waals surface area contributed by atoms with Crippen molar-refractivity contribution in [2.24, 2.45) is 0 Å². The number of thiazole rings is 1. The molecule has 1 N–H and O–H groups in total. The van der Waals surface area contributed by atoms with Gasteiger partial charge >= 0.3 is 0 Å². The van der Waals surface area contributed by atoms with Crippen LogP contribution >= 0.6 is 11.3 Å². The van der Waals surface area contributed by atoms with Gasteiger partial charge in [-0.1, -0.05) is 0 Å². The Morgan fingerprint density at radius 2 is 2.70 bits per heavy atom. The standard InChI is InChI=1S/C6H8N2OS/c1-7-2-5-4-10-6(3-9)8-5/h3-4,7H,2H2,1H3. The first-order valence-electron chi connectivity index (χ1n) is 2.91. The topological polar surface area (TPSA) is 42.0 Å². The van der Waals surface area contributed by atoms with Gasteiger partial charge in [0.1, 0.15) is 0 Å². The lowest BCUT2D eigenvalue weighted by molar-refractivity contribution is 0.112. The van der Waals surface area contributed by atoms with E-state index in [1.807, 2.05) is 12.4 Å². The highest BCUT2D eigenvalue weighted by atomic mass is 32.1. The van der Waals surface area contributed by atoms with Gasteiger partial charge in [-0.2, -0.15) is 0 Å². The molecule has 1 aromatic rings. The zero-order valence-corrected chi connectivity index (χ0v) is 6.44. The summed E-state index contributed by atoms with van der Waals surface area (Å²) in [7, 11) is 1.85. The van der Waals surface area contributed by atoms with Crippen molar-refractivity contribution in [3.05, 3.63) is 16.1 Å². The van der Waals surface area contributed by atoms with E-state index in [9.17, 15) is 4.79 Å². The monoisotopic (exact) mass is 156 g/mol. The molecule has 1 rings (SSSR count). The highest BCUT2D eigenvalue weighted by Gasteiger charge is 1.97. The van der Waals surface area contributed by atoms with Crippen LogP contribution in [0.1, 0.15) is 15.5 Å². The summed E-state index contributed by atoms with van der Waals surface area (Å²) in [6, 6.07) is 0. The summed E-state index contributed by atoms with van der Waals surface area (Å²) in [4.78, 5) is 14.2. The quantitative estimate of drug-likeness (QED) is 0.654. The van der Waals surface area contributed by atoms with Gasteiger partial charge in [-0.25, -0.2) is 4.98 Å². The van der Waals surface area contributed by atoms with E-state index in [0.29, 0.717) is 5.01 Å². The van der Waals surface area contributed by atoms with Crippen molar-refractivity contribution in [2.75, 3.05) is 7.05 Å². The largest absolute Gasteiger partial charge is 0.314 e. The summed E-state index contributed by atoms with van der Waals surface area (Å²) in [5.74, 6) is 0. The Labute approximate surface area is 63.1 Å². The Bertz CT molecular complexity index is 221. The van der Waals surface area contributed by atoms with Crippen LogP contribution in [0.2, 0.25) is 0 Å². The van der Waals surface area contributed by atoms with Gasteiger partial charge in [0.15, 0.2) is 11.3 Å². The smallest absolute Gasteiger partial charge is 0.178 e. The Morgan fingerprint density at radius 3 is 3.20 bits per heavy atom. The molecule has 0 amide bonds. The Hall–Kier alpha value is -0.740. The van der Waals surface area contributed by atoms with Crippen molar-refractivity contribution in [3.8, 4) is 0 Å². The summed E-state index contributed by atoms with van der Waals surface area (Å²) >= 11 is 1.37. The van der Waals surface area contributed by atoms with Crippen LogP contribution < -0.4 is 5.32 Å². The van der Waals surface area contributed by atoms with Crippen molar-refractivity contribution < 1.29 is 4.79 Å². The second-order valence-corrected chi connectivity index (χ2v) is 2.71. The average molecular weight is 156 g/mol. The van der Waals surface area contributed by atoms with Crippen LogP contribution in [0.3, 0.4) is 0 Å². The number of hydrogen-bond acceptors (Lipinski definition) is 4. The summed E-state index contributed by atoms with van der Waals surface area (Å²) in [5.41, 5.74) is 0.926. The normalized spacial score (nSPS) is 9.70. The van der Waals surface area contributed by atoms with E-state index in [-0.39, 0.29) is 0 Å². The first kappa shape index (κ1) is 7.37. The van der Waals surface area contributed by atoms with E-state index in [1.54, 1.807) is 0 Å². The van der Waals surface area contributed by atoms with Crippen molar-refractivity contribution >= 4 is 17.6 Å². The number of nitrogens with zero attached hydrogens (tertiary/aromatic N) is 1. The van der Waals surface area contributed by atoms with E-state index in [4.69, 9.17) is 0 Å². The molecule has 0 saturated carbocycles. The summed E-state index contributed by atoms with van der Waals surface area (Å²) in [6.45, 7) is 0.727. The minimum atomic E-state index is 0.547. The number of rotatable bonds is 3. The Morgan fingerprint density at radius 1 is 1.90 bits per heavy atom. The van der Waals surface area contributed by atoms with Gasteiger partial charge in [-0.3, -0.25) is 4.79 Å². The molecule has 0 fully saturated rings. The molecule has 0 atom stereocenters. The number of aldehydes is 1. The van der Waals surface area contributed by atoms with E-state index >= 15 is 0 Å². The number of hydrogen-bond donors (Lipinski definition) is 1. The van der Waals surface area contributed by atoms with Crippen LogP contribution in [0.4, 0.5) is 0 Å². The fourth-order valence-corrected chi connectivity index (χ4v) is 1.26. The molecule has 54 valence electrons. The second kappa shape index (κ2) is 3.43. The van der Waals surface area contributed by atoms with Gasteiger partial charge in [0.2, 0.25) is 0 Å². The number of nitrogens with one attached hydrogen (secondary N) is 1. The van der Waals surface area contributed by atoms with Crippen molar-refractivity contribution in [1.29, 1.82) is 0 Å². The molecule has 1 aromatic heterocycles. The average Bonchev–Trinajstić information content (AvgIpc) is 2.37. The molecule has 0 unspecified atom stereocenters. The third-order valence-corrected chi connectivity index (χ3v) is 1.85. The van der Waals surface area contributed by atoms with E-state index in [2.05, 4.69) is 10.3 Å². The van der Waals surface area contributed by atoms with Gasteiger partial charge in [0.05, 0.1) is 5.69 Å². The van der Waals surface area contributed by atoms with Gasteiger partial charge in [-0.15, -0.1) is 11.3 Å². The second-order valence-electron chi connectivity index (χ2n) is 1.83. The Kier molecular flexibility index (Phi) is 2.53. The molecule has 1 heterocycles. The maximum atomic E-state index is 10.2. The highest BCUT2D eigenvalue weighted by molar-refractivity contribution is 7.11. The SMILES string of the molecule is CNCc1csc(C=O)n1. The molecule has 0 saturated heterocycles. The summed E-state index contributed by atoms with van der Waals surface area (Å²) in [5, 5.41) is 5.37. The van der Waals surface area contributed by atoms with E-state index in [1.165, 1.54) is 11.3 Å². The molecule has 0 aliphatic heterocycles. The van der Waals surface area contributed by atoms with E-state index < -0.39 is 0 Å². The van der Waals surface area contributed by atoms with Gasteiger partial charge in [0.25, 0.3) is 0 Å². The maximum absolute atomic E-state index is 10.2. The first-order valence-corrected chi connectivity index (χ1v) is 3.79. The zero-order chi connectivity index (χ0) is 7.40. The van der Waals surface area contributed by atoms with Crippen LogP contribution in [0.15, 0.2) is 5.38 Å². The molecule has 0 aliphatic rings. The number of aromatic nitrogens is 1. The van der Waals surface area contributed by atoms with Crippen LogP contribution in [0.5, 0.6) is 0 Å². The lowest BCUT2D eigenvalue weighted by Crippen LogP contribution is -2.05. The van der Waals surface area contributed by atoms with Crippen molar-refractivity contribution in [1.82, 2.24) is 10.3 Å². The van der Waals surface area contributed by atoms with Crippen LogP contribution in [0.25, 0.3) is 0 Å². The van der Waals surface area contributed by atoms with Gasteiger partial charge < -0.3 is 5.32 Å². The molecule has 10 heavy (non-hydrogen) atoms. The number of carbonyl (C=O) groups is 1. The maximum Gasteiger partial charge on any atom is 0.178 e. The molecular formula is C6H8N2OS.